The number of aliphatic hydroxyl groups excluding tert-OH is 1. The Kier molecular flexibility index (Phi) is 9.06. The Hall–Kier alpha value is -3.97. The molecule has 0 spiro atoms. The molecule has 7 atom stereocenters. The molecule has 3 amide bonds. The lowest BCUT2D eigenvalue weighted by Gasteiger charge is -2.60. The third-order valence-electron chi connectivity index (χ3n) is 11.8. The maximum atomic E-state index is 14.0. The van der Waals surface area contributed by atoms with Gasteiger partial charge in [-0.1, -0.05) is 32.4 Å². The zero-order chi connectivity index (χ0) is 35.5. The van der Waals surface area contributed by atoms with E-state index in [-0.39, 0.29) is 42.6 Å². The molecule has 0 bridgehead atoms. The normalized spacial score (nSPS) is 31.3. The fourth-order valence-electron chi connectivity index (χ4n) is 9.49. The maximum Gasteiger partial charge on any atom is 0.306 e. The second-order valence-corrected chi connectivity index (χ2v) is 15.6. The topological polar surface area (TPSA) is 174 Å². The van der Waals surface area contributed by atoms with Crippen molar-refractivity contribution < 1.29 is 33.8 Å². The summed E-state index contributed by atoms with van der Waals surface area (Å²) in [5, 5.41) is 18.5. The van der Waals surface area contributed by atoms with Crippen LogP contribution < -0.4 is 11.1 Å². The summed E-state index contributed by atoms with van der Waals surface area (Å²) in [5.74, 6) is -1.53. The minimum Gasteiger partial charge on any atom is -0.449 e. The average Bonchev–Trinajstić information content (AvgIpc) is 3.59. The molecule has 0 saturated heterocycles. The summed E-state index contributed by atoms with van der Waals surface area (Å²) >= 11 is 0.587. The van der Waals surface area contributed by atoms with Crippen molar-refractivity contribution in [2.75, 3.05) is 20.6 Å². The van der Waals surface area contributed by atoms with E-state index in [1.807, 2.05) is 23.9 Å². The van der Waals surface area contributed by atoms with Crippen LogP contribution in [0.5, 0.6) is 0 Å². The molecule has 0 radical (unpaired) electrons. The molecule has 3 fully saturated rings. The van der Waals surface area contributed by atoms with Crippen LogP contribution in [0.3, 0.4) is 0 Å². The van der Waals surface area contributed by atoms with Crippen molar-refractivity contribution in [1.82, 2.24) is 20.0 Å². The highest BCUT2D eigenvalue weighted by Crippen LogP contribution is 2.69. The number of esters is 1. The van der Waals surface area contributed by atoms with Crippen molar-refractivity contribution in [3.63, 3.8) is 0 Å². The van der Waals surface area contributed by atoms with Gasteiger partial charge in [-0.2, -0.15) is 5.10 Å². The third-order valence-corrected chi connectivity index (χ3v) is 12.8. The van der Waals surface area contributed by atoms with Gasteiger partial charge in [0.15, 0.2) is 5.60 Å². The number of aromatic nitrogens is 2. The fourth-order valence-corrected chi connectivity index (χ4v) is 10.4. The van der Waals surface area contributed by atoms with E-state index in [2.05, 4.69) is 18.3 Å². The van der Waals surface area contributed by atoms with Crippen molar-refractivity contribution in [1.29, 1.82) is 0 Å². The van der Waals surface area contributed by atoms with Gasteiger partial charge in [-0.25, -0.2) is 4.68 Å². The number of benzene rings is 1. The van der Waals surface area contributed by atoms with Crippen molar-refractivity contribution >= 4 is 46.0 Å². The van der Waals surface area contributed by atoms with Gasteiger partial charge in [0.05, 0.1) is 30.2 Å². The number of rotatable bonds is 7. The molecule has 0 aliphatic heterocycles. The molecule has 1 aromatic carbocycles. The number of primary amides is 1. The predicted octanol–water partition coefficient (Wildman–Crippen LogP) is 3.87. The zero-order valence-electron chi connectivity index (χ0n) is 28.7. The van der Waals surface area contributed by atoms with Crippen LogP contribution in [-0.4, -0.2) is 80.3 Å². The second kappa shape index (κ2) is 12.7. The van der Waals surface area contributed by atoms with Gasteiger partial charge in [0.2, 0.25) is 11.0 Å². The van der Waals surface area contributed by atoms with E-state index < -0.39 is 45.3 Å². The van der Waals surface area contributed by atoms with E-state index in [4.69, 9.17) is 15.6 Å². The van der Waals surface area contributed by atoms with Gasteiger partial charge in [-0.15, -0.1) is 0 Å². The molecule has 4 N–H and O–H groups in total. The number of hydrogen-bond acceptors (Lipinski definition) is 9. The van der Waals surface area contributed by atoms with Gasteiger partial charge < -0.3 is 25.8 Å². The Morgan fingerprint density at radius 3 is 2.63 bits per heavy atom. The van der Waals surface area contributed by atoms with Gasteiger partial charge in [0, 0.05) is 43.3 Å². The lowest BCUT2D eigenvalue weighted by Crippen LogP contribution is -2.62. The molecule has 3 saturated carbocycles. The highest BCUT2D eigenvalue weighted by molar-refractivity contribution is 8.26. The summed E-state index contributed by atoms with van der Waals surface area (Å²) in [6.07, 6.45) is 6.87. The average molecular weight is 692 g/mol. The Morgan fingerprint density at radius 2 is 1.94 bits per heavy atom. The number of nitrogens with one attached hydrogen (secondary N) is 1. The summed E-state index contributed by atoms with van der Waals surface area (Å²) in [7, 11) is 3.16. The molecular formula is C36H45N5O7S. The van der Waals surface area contributed by atoms with Crippen LogP contribution in [0.1, 0.15) is 80.9 Å². The van der Waals surface area contributed by atoms with Gasteiger partial charge in [0.1, 0.15) is 0 Å². The van der Waals surface area contributed by atoms with Crippen molar-refractivity contribution in [3.05, 3.63) is 52.9 Å². The Bertz CT molecular complexity index is 1750. The lowest BCUT2D eigenvalue weighted by molar-refractivity contribution is -0.196. The highest BCUT2D eigenvalue weighted by Gasteiger charge is 2.71. The van der Waals surface area contributed by atoms with E-state index >= 15 is 0 Å². The number of amides is 3. The van der Waals surface area contributed by atoms with Crippen LogP contribution in [0.2, 0.25) is 0 Å². The molecule has 6 rings (SSSR count). The number of thioether (sulfide) groups is 1. The van der Waals surface area contributed by atoms with Gasteiger partial charge in [-0.05, 0) is 91.5 Å². The molecule has 1 aromatic heterocycles. The number of fused-ring (bicyclic) bond motifs is 6. The number of hydrogen-bond donors (Lipinski definition) is 3. The largest absolute Gasteiger partial charge is 0.449 e. The fraction of sp³-hybridized carbons (Fsp3) is 0.556. The first-order valence-electron chi connectivity index (χ1n) is 16.9. The van der Waals surface area contributed by atoms with E-state index in [9.17, 15) is 29.1 Å². The summed E-state index contributed by atoms with van der Waals surface area (Å²) in [6.45, 7) is 5.63. The summed E-state index contributed by atoms with van der Waals surface area (Å²) < 4.78 is 7.92. The van der Waals surface area contributed by atoms with Crippen molar-refractivity contribution in [2.24, 2.45) is 34.3 Å². The molecule has 12 nitrogen and oxygen atoms in total. The zero-order valence-corrected chi connectivity index (χ0v) is 29.5. The van der Waals surface area contributed by atoms with Crippen LogP contribution in [0.25, 0.3) is 11.8 Å². The molecule has 262 valence electrons. The first-order chi connectivity index (χ1) is 23.1. The second-order valence-electron chi connectivity index (χ2n) is 14.7. The van der Waals surface area contributed by atoms with Gasteiger partial charge in [-0.3, -0.25) is 24.0 Å². The van der Waals surface area contributed by atoms with Crippen LogP contribution >= 0.6 is 11.8 Å². The molecule has 49 heavy (non-hydrogen) atoms. The van der Waals surface area contributed by atoms with Crippen LogP contribution in [-0.2, 0) is 25.5 Å². The van der Waals surface area contributed by atoms with E-state index in [0.29, 0.717) is 42.3 Å². The van der Waals surface area contributed by atoms with E-state index in [1.165, 1.54) is 10.5 Å². The molecule has 13 heteroatoms. The smallest absolute Gasteiger partial charge is 0.306 e. The first-order valence-corrected chi connectivity index (χ1v) is 17.7. The van der Waals surface area contributed by atoms with Gasteiger partial charge >= 0.3 is 5.97 Å². The number of carbonyl (C=O) groups excluding carboxylic acids is 5. The van der Waals surface area contributed by atoms with Crippen LogP contribution in [0.15, 0.2) is 36.0 Å². The predicted molar refractivity (Wildman–Crippen MR) is 183 cm³/mol. The Balaban J connectivity index is 1.30. The third kappa shape index (κ3) is 5.68. The summed E-state index contributed by atoms with van der Waals surface area (Å²) in [4.78, 5) is 64.7. The van der Waals surface area contributed by atoms with Crippen molar-refractivity contribution in [2.45, 2.75) is 77.4 Å². The number of nitrogens with two attached hydrogens (primary N) is 1. The highest BCUT2D eigenvalue weighted by atomic mass is 32.2. The standard InChI is InChI=1S/C36H45N5O7S/c1-6-29(44)48-36(32(46)49-33(47)40(4)5)13-12-25-24-11-10-22-15-26-21(16-34(22,2)30(24)27(42)17-35(25,36)3)18-39-41(26)23-9-7-8-20(14-23)31(45)38-19-28(37)43/h7-9,14-15,18,24-25,27,30,42H,6,10-13,16-17,19H2,1-5H3,(H2,37,43)(H,38,45)/t24-,25-,27-,30+,34-,35-,36-/m0/s1. The minimum absolute atomic E-state index is 0.00973. The summed E-state index contributed by atoms with van der Waals surface area (Å²) in [6, 6.07) is 7.03. The number of nitrogens with zero attached hydrogens (tertiary/aromatic N) is 3. The maximum absolute atomic E-state index is 14.0. The Labute approximate surface area is 290 Å². The molecule has 4 aliphatic rings. The van der Waals surface area contributed by atoms with Crippen LogP contribution in [0, 0.1) is 28.6 Å². The first kappa shape index (κ1) is 34.9. The number of ether oxygens (including phenoxy) is 1. The molecule has 4 aliphatic carbocycles. The van der Waals surface area contributed by atoms with Gasteiger partial charge in [0.25, 0.3) is 11.1 Å². The number of carbonyl (C=O) groups is 5. The quantitative estimate of drug-likeness (QED) is 0.364. The monoisotopic (exact) mass is 691 g/mol. The van der Waals surface area contributed by atoms with E-state index in [0.717, 1.165) is 24.1 Å². The minimum atomic E-state index is -1.50. The number of aliphatic hydroxyl groups is 1. The van der Waals surface area contributed by atoms with Crippen molar-refractivity contribution in [3.8, 4) is 5.69 Å². The number of allylic oxidation sites excluding steroid dienone is 1. The molecule has 0 unspecified atom stereocenters. The molecule has 2 aromatic rings. The van der Waals surface area contributed by atoms with E-state index in [1.54, 1.807) is 39.2 Å². The molecular weight excluding hydrogens is 646 g/mol. The lowest BCUT2D eigenvalue weighted by atomic mass is 9.45. The Morgan fingerprint density at radius 1 is 1.18 bits per heavy atom. The van der Waals surface area contributed by atoms with Crippen LogP contribution in [0.4, 0.5) is 4.79 Å². The summed E-state index contributed by atoms with van der Waals surface area (Å²) in [5.41, 5.74) is 6.74. The molecule has 1 heterocycles. The SMILES string of the molecule is CCC(=O)O[C@]1(C(=O)SC(=O)N(C)C)CC[C@H]2[C@@H]3CCC4=Cc5c(cnn5-c5cccc(C(=O)NCC(N)=O)c5)C[C@]4(C)[C@H]3[C@@H](O)C[C@@]21C.